The molecule has 44 heavy (non-hydrogen) atoms. The summed E-state index contributed by atoms with van der Waals surface area (Å²) >= 11 is 17.4. The Hall–Kier alpha value is -4.73. The number of aliphatic carboxylic acids is 1. The molecule has 0 bridgehead atoms. The number of rotatable bonds is 7. The smallest absolute Gasteiger partial charge is 0.416 e. The Morgan fingerprint density at radius 3 is 2.25 bits per heavy atom. The van der Waals surface area contributed by atoms with Gasteiger partial charge in [-0.3, -0.25) is 10.1 Å². The fraction of sp³-hybridized carbons (Fsp3) is 0.115. The second kappa shape index (κ2) is 12.9. The van der Waals surface area contributed by atoms with E-state index in [-0.39, 0.29) is 21.8 Å². The molecule has 3 aromatic carbocycles. The number of hydrogen-bond acceptors (Lipinski definition) is 9. The first-order valence-electron chi connectivity index (χ1n) is 11.9. The molecule has 230 valence electrons. The van der Waals surface area contributed by atoms with E-state index >= 15 is 0 Å². The summed E-state index contributed by atoms with van der Waals surface area (Å²) in [7, 11) is 0. The largest absolute Gasteiger partial charge is 0.479 e. The van der Waals surface area contributed by atoms with Crippen molar-refractivity contribution in [3.63, 3.8) is 0 Å². The Balaban J connectivity index is 0.000000202. The molecule has 0 amide bonds. The molecule has 2 heterocycles. The molecular formula is C26H17Cl3F3N5O7. The Morgan fingerprint density at radius 1 is 1.09 bits per heavy atom. The van der Waals surface area contributed by atoms with Crippen LogP contribution in [0.3, 0.4) is 0 Å². The number of nitrogens with two attached hydrogens (primary N) is 1. The molecular weight excluding hydrogens is 658 g/mol. The maximum Gasteiger partial charge on any atom is 0.416 e. The number of ether oxygens (including phenoxy) is 2. The van der Waals surface area contributed by atoms with Crippen LogP contribution in [0.4, 0.5) is 24.7 Å². The number of carbonyl (C=O) groups is 1. The number of oxazole rings is 1. The summed E-state index contributed by atoms with van der Waals surface area (Å²) in [6.07, 6.45) is -4.62. The zero-order valence-corrected chi connectivity index (χ0v) is 24.1. The first-order valence-corrected chi connectivity index (χ1v) is 13.1. The first-order chi connectivity index (χ1) is 20.6. The van der Waals surface area contributed by atoms with Gasteiger partial charge in [0.05, 0.1) is 20.5 Å². The second-order valence-electron chi connectivity index (χ2n) is 8.63. The highest BCUT2D eigenvalue weighted by Crippen LogP contribution is 2.39. The summed E-state index contributed by atoms with van der Waals surface area (Å²) in [5.74, 6) is -0.520. The second-order valence-corrected chi connectivity index (χ2v) is 9.88. The van der Waals surface area contributed by atoms with Crippen LogP contribution in [0.1, 0.15) is 12.5 Å². The topological polar surface area (TPSA) is 169 Å². The van der Waals surface area contributed by atoms with Crippen LogP contribution in [-0.4, -0.2) is 36.9 Å². The van der Waals surface area contributed by atoms with Crippen molar-refractivity contribution in [2.75, 3.05) is 5.73 Å². The van der Waals surface area contributed by atoms with Crippen LogP contribution in [0.25, 0.3) is 16.8 Å². The molecule has 0 spiro atoms. The van der Waals surface area contributed by atoms with Gasteiger partial charge < -0.3 is 24.7 Å². The molecule has 3 N–H and O–H groups in total. The Labute approximate surface area is 259 Å². The van der Waals surface area contributed by atoms with Gasteiger partial charge >= 0.3 is 23.9 Å². The van der Waals surface area contributed by atoms with Crippen LogP contribution in [-0.2, 0) is 11.0 Å². The van der Waals surface area contributed by atoms with E-state index < -0.39 is 40.2 Å². The number of fused-ring (bicyclic) bond motifs is 1. The standard InChI is InChI=1S/C16H12ClNO5.C10H5Cl2F3N4O2/c1-9(15(19)20)21-11-3-5-12(6-4-11)22-16-18-13-7-2-10(17)8-14(13)23-16;11-5-1-4(10(13,14)15)2-6(12)8(5)18-9(16)7(3-17-18)19(20)21/h2-9H,1H3,(H,19,20);1-3H,16H2. The van der Waals surface area contributed by atoms with Gasteiger partial charge in [-0.05, 0) is 55.5 Å². The molecule has 0 fully saturated rings. The number of hydrogen-bond donors (Lipinski definition) is 2. The normalized spacial score (nSPS) is 11.9. The van der Waals surface area contributed by atoms with Crippen molar-refractivity contribution in [3.05, 3.63) is 91.5 Å². The molecule has 0 aliphatic rings. The third-order valence-corrected chi connectivity index (χ3v) is 6.37. The van der Waals surface area contributed by atoms with E-state index in [1.54, 1.807) is 42.5 Å². The molecule has 2 aromatic heterocycles. The fourth-order valence-corrected chi connectivity index (χ4v) is 4.27. The summed E-state index contributed by atoms with van der Waals surface area (Å²) in [5.41, 5.74) is 4.95. The summed E-state index contributed by atoms with van der Waals surface area (Å²) in [6.45, 7) is 1.45. The molecule has 12 nitrogen and oxygen atoms in total. The van der Waals surface area contributed by atoms with Crippen LogP contribution in [0.15, 0.2) is 65.2 Å². The lowest BCUT2D eigenvalue weighted by atomic mass is 10.2. The molecule has 1 atom stereocenters. The maximum atomic E-state index is 12.6. The maximum absolute atomic E-state index is 12.6. The Morgan fingerprint density at radius 2 is 1.70 bits per heavy atom. The van der Waals surface area contributed by atoms with Crippen LogP contribution in [0.5, 0.6) is 17.6 Å². The van der Waals surface area contributed by atoms with E-state index in [0.29, 0.717) is 39.8 Å². The molecule has 1 unspecified atom stereocenters. The number of halogens is 6. The quantitative estimate of drug-likeness (QED) is 0.128. The number of alkyl halides is 3. The monoisotopic (exact) mass is 673 g/mol. The van der Waals surface area contributed by atoms with Crippen molar-refractivity contribution < 1.29 is 41.9 Å². The average Bonchev–Trinajstić information content (AvgIpc) is 3.51. The molecule has 0 aliphatic carbocycles. The van der Waals surface area contributed by atoms with Crippen LogP contribution in [0.2, 0.25) is 15.1 Å². The number of carboxylic acid groups (broad SMARTS) is 1. The molecule has 0 saturated heterocycles. The third-order valence-electron chi connectivity index (χ3n) is 5.56. The predicted octanol–water partition coefficient (Wildman–Crippen LogP) is 7.81. The zero-order valence-electron chi connectivity index (χ0n) is 21.9. The van der Waals surface area contributed by atoms with Gasteiger partial charge in [0, 0.05) is 11.1 Å². The van der Waals surface area contributed by atoms with Gasteiger partial charge in [-0.2, -0.15) is 23.3 Å². The van der Waals surface area contributed by atoms with Gasteiger partial charge in [-0.15, -0.1) is 0 Å². The lowest BCUT2D eigenvalue weighted by molar-refractivity contribution is -0.383. The van der Waals surface area contributed by atoms with Crippen molar-refractivity contribution in [3.8, 4) is 23.3 Å². The van der Waals surface area contributed by atoms with Crippen LogP contribution >= 0.6 is 34.8 Å². The lowest BCUT2D eigenvalue weighted by Crippen LogP contribution is -2.22. The van der Waals surface area contributed by atoms with Crippen LogP contribution in [0, 0.1) is 10.1 Å². The molecule has 18 heteroatoms. The number of carboxylic acids is 1. The molecule has 5 rings (SSSR count). The molecule has 5 aromatic rings. The summed E-state index contributed by atoms with van der Waals surface area (Å²) < 4.78 is 54.9. The number of benzene rings is 3. The highest BCUT2D eigenvalue weighted by molar-refractivity contribution is 6.38. The number of anilines is 1. The lowest BCUT2D eigenvalue weighted by Gasteiger charge is -2.12. The number of aromatic nitrogens is 3. The molecule has 0 radical (unpaired) electrons. The van der Waals surface area contributed by atoms with E-state index in [1.165, 1.54) is 6.92 Å². The Kier molecular flexibility index (Phi) is 9.42. The van der Waals surface area contributed by atoms with Crippen molar-refractivity contribution in [2.24, 2.45) is 0 Å². The first kappa shape index (κ1) is 32.2. The minimum absolute atomic E-state index is 0.0924. The minimum Gasteiger partial charge on any atom is -0.479 e. The fourth-order valence-electron chi connectivity index (χ4n) is 3.46. The predicted molar refractivity (Wildman–Crippen MR) is 153 cm³/mol. The number of nitrogens with zero attached hydrogens (tertiary/aromatic N) is 4. The van der Waals surface area contributed by atoms with Gasteiger partial charge in [0.1, 0.15) is 28.9 Å². The van der Waals surface area contributed by atoms with Gasteiger partial charge in [0.2, 0.25) is 5.82 Å². The van der Waals surface area contributed by atoms with Gasteiger partial charge in [-0.1, -0.05) is 34.8 Å². The summed E-state index contributed by atoms with van der Waals surface area (Å²) in [6, 6.07) is 12.8. The summed E-state index contributed by atoms with van der Waals surface area (Å²) in [4.78, 5) is 24.8. The average molecular weight is 675 g/mol. The third kappa shape index (κ3) is 7.42. The van der Waals surface area contributed by atoms with Crippen molar-refractivity contribution in [1.29, 1.82) is 0 Å². The van der Waals surface area contributed by atoms with Crippen molar-refractivity contribution >= 4 is 63.4 Å². The Bertz CT molecular complexity index is 1820. The number of nitro groups is 1. The molecule has 0 aliphatic heterocycles. The van der Waals surface area contributed by atoms with E-state index in [0.717, 1.165) is 10.9 Å². The van der Waals surface area contributed by atoms with Crippen molar-refractivity contribution in [1.82, 2.24) is 14.8 Å². The van der Waals surface area contributed by atoms with Crippen molar-refractivity contribution in [2.45, 2.75) is 19.2 Å². The minimum atomic E-state index is -4.63. The van der Waals surface area contributed by atoms with E-state index in [4.69, 9.17) is 59.5 Å². The highest BCUT2D eigenvalue weighted by atomic mass is 35.5. The van der Waals surface area contributed by atoms with Gasteiger partial charge in [0.15, 0.2) is 11.7 Å². The SMILES string of the molecule is CC(Oc1ccc(Oc2nc3ccc(Cl)cc3o2)cc1)C(=O)O.Nc1c([N+](=O)[O-])cnn1-c1c(Cl)cc(C(F)(F)F)cc1Cl. The summed E-state index contributed by atoms with van der Waals surface area (Å²) in [5, 5.41) is 22.9. The van der Waals surface area contributed by atoms with Crippen LogP contribution < -0.4 is 15.2 Å². The van der Waals surface area contributed by atoms with Gasteiger partial charge in [-0.25, -0.2) is 9.48 Å². The molecule has 0 saturated carbocycles. The zero-order chi connectivity index (χ0) is 32.3. The highest BCUT2D eigenvalue weighted by Gasteiger charge is 2.33. The van der Waals surface area contributed by atoms with E-state index in [2.05, 4.69) is 10.1 Å². The van der Waals surface area contributed by atoms with E-state index in [1.807, 2.05) is 0 Å². The number of nitrogen functional groups attached to an aromatic ring is 1. The van der Waals surface area contributed by atoms with E-state index in [9.17, 15) is 28.1 Å². The van der Waals surface area contributed by atoms with Gasteiger partial charge in [0.25, 0.3) is 0 Å².